The zero-order valence-corrected chi connectivity index (χ0v) is 11.6. The summed E-state index contributed by atoms with van der Waals surface area (Å²) in [7, 11) is 0. The number of benzene rings is 2. The number of anilines is 2. The second-order valence-corrected chi connectivity index (χ2v) is 4.56. The molecule has 3 nitrogen and oxygen atoms in total. The third-order valence-corrected chi connectivity index (χ3v) is 2.75. The lowest BCUT2D eigenvalue weighted by molar-refractivity contribution is -0.137. The first-order valence-corrected chi connectivity index (χ1v) is 6.41. The maximum Gasteiger partial charge on any atom is 0.416 e. The molecule has 0 saturated carbocycles. The molecule has 0 aliphatic rings. The molecular weight excluding hydrogens is 299 g/mol. The normalized spacial score (nSPS) is 10.8. The zero-order valence-electron chi connectivity index (χ0n) is 10.7. The molecule has 0 aromatic heterocycles. The Morgan fingerprint density at radius 1 is 0.905 bits per heavy atom. The Morgan fingerprint density at radius 2 is 1.57 bits per heavy atom. The van der Waals surface area contributed by atoms with E-state index >= 15 is 0 Å². The largest absolute Gasteiger partial charge is 0.416 e. The first-order chi connectivity index (χ1) is 9.95. The molecule has 110 valence electrons. The van der Waals surface area contributed by atoms with Crippen LogP contribution in [0.5, 0.6) is 0 Å². The Bertz CT molecular complexity index is 614. The fraction of sp³-hybridized carbons (Fsp3) is 0.0714. The van der Waals surface area contributed by atoms with Crippen LogP contribution in [0, 0.1) is 0 Å². The minimum atomic E-state index is -4.38. The molecule has 0 fully saturated rings. The Balaban J connectivity index is 1.94. The summed E-state index contributed by atoms with van der Waals surface area (Å²) in [6.07, 6.45) is -4.38. The number of para-hydroxylation sites is 1. The van der Waals surface area contributed by atoms with Gasteiger partial charge in [-0.15, -0.1) is 0 Å². The van der Waals surface area contributed by atoms with E-state index in [0.29, 0.717) is 0 Å². The van der Waals surface area contributed by atoms with Crippen LogP contribution in [0.3, 0.4) is 0 Å². The molecule has 0 spiro atoms. The minimum Gasteiger partial charge on any atom is -0.331 e. The van der Waals surface area contributed by atoms with Crippen LogP contribution in [-0.2, 0) is 6.18 Å². The molecule has 0 heterocycles. The molecule has 0 atom stereocenters. The molecule has 3 N–H and O–H groups in total. The number of rotatable bonds is 3. The van der Waals surface area contributed by atoms with Crippen molar-refractivity contribution in [2.45, 2.75) is 6.18 Å². The van der Waals surface area contributed by atoms with Gasteiger partial charge in [0.25, 0.3) is 0 Å². The van der Waals surface area contributed by atoms with Gasteiger partial charge in [-0.3, -0.25) is 10.9 Å². The zero-order chi connectivity index (χ0) is 15.3. The van der Waals surface area contributed by atoms with Crippen LogP contribution >= 0.6 is 12.2 Å². The minimum absolute atomic E-state index is 0.165. The summed E-state index contributed by atoms with van der Waals surface area (Å²) in [5.74, 6) is 0. The fourth-order valence-electron chi connectivity index (χ4n) is 1.59. The number of hydrazine groups is 1. The van der Waals surface area contributed by atoms with Gasteiger partial charge in [-0.05, 0) is 42.5 Å². The first kappa shape index (κ1) is 15.1. The summed E-state index contributed by atoms with van der Waals surface area (Å²) in [5.41, 5.74) is 5.84. The number of hydrogen-bond acceptors (Lipinski definition) is 2. The van der Waals surface area contributed by atoms with Gasteiger partial charge in [0, 0.05) is 5.69 Å². The average molecular weight is 311 g/mol. The quantitative estimate of drug-likeness (QED) is 0.591. The molecule has 2 aromatic carbocycles. The second-order valence-electron chi connectivity index (χ2n) is 4.15. The molecule has 0 unspecified atom stereocenters. The second kappa shape index (κ2) is 6.45. The number of halogens is 3. The highest BCUT2D eigenvalue weighted by molar-refractivity contribution is 7.80. The third kappa shape index (κ3) is 4.64. The van der Waals surface area contributed by atoms with E-state index in [1.807, 2.05) is 30.3 Å². The van der Waals surface area contributed by atoms with E-state index in [0.717, 1.165) is 17.8 Å². The van der Waals surface area contributed by atoms with Crippen molar-refractivity contribution in [1.29, 1.82) is 0 Å². The first-order valence-electron chi connectivity index (χ1n) is 6.00. The monoisotopic (exact) mass is 311 g/mol. The number of nitrogens with one attached hydrogen (secondary N) is 3. The van der Waals surface area contributed by atoms with Crippen LogP contribution in [0.15, 0.2) is 54.6 Å². The van der Waals surface area contributed by atoms with Crippen LogP contribution in [-0.4, -0.2) is 5.11 Å². The lowest BCUT2D eigenvalue weighted by Crippen LogP contribution is -2.33. The Hall–Kier alpha value is -2.28. The summed E-state index contributed by atoms with van der Waals surface area (Å²) in [4.78, 5) is 0. The molecule has 21 heavy (non-hydrogen) atoms. The Kier molecular flexibility index (Phi) is 4.64. The van der Waals surface area contributed by atoms with E-state index < -0.39 is 11.7 Å². The fourth-order valence-corrected chi connectivity index (χ4v) is 1.75. The van der Waals surface area contributed by atoms with Crippen LogP contribution in [0.25, 0.3) is 0 Å². The predicted octanol–water partition coefficient (Wildman–Crippen LogP) is 4.02. The van der Waals surface area contributed by atoms with E-state index in [-0.39, 0.29) is 10.8 Å². The number of hydrogen-bond donors (Lipinski definition) is 3. The highest BCUT2D eigenvalue weighted by Crippen LogP contribution is 2.30. The van der Waals surface area contributed by atoms with Gasteiger partial charge in [-0.25, -0.2) is 0 Å². The molecule has 0 radical (unpaired) electrons. The van der Waals surface area contributed by atoms with Crippen molar-refractivity contribution in [2.24, 2.45) is 0 Å². The SMILES string of the molecule is FC(F)(F)c1cccc(NC(=S)NNc2ccccc2)c1. The van der Waals surface area contributed by atoms with Gasteiger partial charge in [0.1, 0.15) is 0 Å². The maximum absolute atomic E-state index is 12.6. The Morgan fingerprint density at radius 3 is 2.24 bits per heavy atom. The molecule has 0 aliphatic heterocycles. The van der Waals surface area contributed by atoms with Gasteiger partial charge in [-0.1, -0.05) is 24.3 Å². The lowest BCUT2D eigenvalue weighted by Gasteiger charge is -2.13. The van der Waals surface area contributed by atoms with Gasteiger partial charge in [0.05, 0.1) is 11.3 Å². The summed E-state index contributed by atoms with van der Waals surface area (Å²) in [6, 6.07) is 14.0. The highest BCUT2D eigenvalue weighted by atomic mass is 32.1. The van der Waals surface area contributed by atoms with E-state index in [1.54, 1.807) is 0 Å². The van der Waals surface area contributed by atoms with Crippen molar-refractivity contribution in [3.05, 3.63) is 60.2 Å². The van der Waals surface area contributed by atoms with Gasteiger partial charge < -0.3 is 5.32 Å². The number of thiocarbonyl (C=S) groups is 1. The predicted molar refractivity (Wildman–Crippen MR) is 80.9 cm³/mol. The number of alkyl halides is 3. The van der Waals surface area contributed by atoms with Crippen LogP contribution in [0.4, 0.5) is 24.5 Å². The molecular formula is C14H12F3N3S. The van der Waals surface area contributed by atoms with Crippen molar-refractivity contribution in [2.75, 3.05) is 10.7 Å². The third-order valence-electron chi connectivity index (χ3n) is 2.54. The van der Waals surface area contributed by atoms with Crippen molar-refractivity contribution >= 4 is 28.7 Å². The Labute approximate surface area is 125 Å². The van der Waals surface area contributed by atoms with Crippen molar-refractivity contribution in [3.8, 4) is 0 Å². The standard InChI is InChI=1S/C14H12F3N3S/c15-14(16,17)10-5-4-8-12(9-10)18-13(21)20-19-11-6-2-1-3-7-11/h1-9,19H,(H2,18,20,21). The van der Waals surface area contributed by atoms with E-state index in [2.05, 4.69) is 16.2 Å². The van der Waals surface area contributed by atoms with Crippen molar-refractivity contribution < 1.29 is 13.2 Å². The van der Waals surface area contributed by atoms with E-state index in [9.17, 15) is 13.2 Å². The van der Waals surface area contributed by atoms with Crippen molar-refractivity contribution in [3.63, 3.8) is 0 Å². The molecule has 7 heteroatoms. The maximum atomic E-state index is 12.6. The van der Waals surface area contributed by atoms with Gasteiger partial charge >= 0.3 is 6.18 Å². The topological polar surface area (TPSA) is 36.1 Å². The summed E-state index contributed by atoms with van der Waals surface area (Å²) < 4.78 is 37.8. The summed E-state index contributed by atoms with van der Waals surface area (Å²) in [6.45, 7) is 0. The molecule has 2 rings (SSSR count). The van der Waals surface area contributed by atoms with Crippen molar-refractivity contribution in [1.82, 2.24) is 5.43 Å². The molecule has 0 aliphatic carbocycles. The lowest BCUT2D eigenvalue weighted by atomic mass is 10.2. The summed E-state index contributed by atoms with van der Waals surface area (Å²) in [5, 5.41) is 2.85. The van der Waals surface area contributed by atoms with Crippen LogP contribution in [0.1, 0.15) is 5.56 Å². The van der Waals surface area contributed by atoms with E-state index in [4.69, 9.17) is 12.2 Å². The van der Waals surface area contributed by atoms with Crippen LogP contribution in [0.2, 0.25) is 0 Å². The summed E-state index contributed by atoms with van der Waals surface area (Å²) >= 11 is 5.01. The van der Waals surface area contributed by atoms with E-state index in [1.165, 1.54) is 12.1 Å². The van der Waals surface area contributed by atoms with Gasteiger partial charge in [0.2, 0.25) is 0 Å². The molecule has 2 aromatic rings. The molecule has 0 bridgehead atoms. The van der Waals surface area contributed by atoms with Gasteiger partial charge in [-0.2, -0.15) is 13.2 Å². The smallest absolute Gasteiger partial charge is 0.331 e. The van der Waals surface area contributed by atoms with Crippen LogP contribution < -0.4 is 16.2 Å². The molecule has 0 saturated heterocycles. The average Bonchev–Trinajstić information content (AvgIpc) is 2.46. The highest BCUT2D eigenvalue weighted by Gasteiger charge is 2.30. The molecule has 0 amide bonds. The van der Waals surface area contributed by atoms with Gasteiger partial charge in [0.15, 0.2) is 5.11 Å².